The van der Waals surface area contributed by atoms with Crippen molar-refractivity contribution in [3.8, 4) is 0 Å². The van der Waals surface area contributed by atoms with Crippen LogP contribution in [0.4, 0.5) is 0 Å². The normalized spacial score (nSPS) is 17.4. The van der Waals surface area contributed by atoms with Crippen molar-refractivity contribution in [2.75, 3.05) is 13.2 Å². The van der Waals surface area contributed by atoms with E-state index in [1.54, 1.807) is 24.3 Å². The number of nitrogens with one attached hydrogen (secondary N) is 1. The van der Waals surface area contributed by atoms with Crippen molar-refractivity contribution in [2.45, 2.75) is 24.8 Å². The van der Waals surface area contributed by atoms with E-state index in [-0.39, 0.29) is 25.2 Å². The van der Waals surface area contributed by atoms with Crippen LogP contribution < -0.4 is 5.32 Å². The molecule has 0 aromatic heterocycles. The number of halogens is 1. The Hall–Kier alpha value is -1.59. The van der Waals surface area contributed by atoms with E-state index < -0.39 is 11.5 Å². The van der Waals surface area contributed by atoms with Crippen LogP contribution in [0.1, 0.15) is 18.4 Å². The SMILES string of the molecule is O=C(Cc1ccc(Cl)cc1)NC1(C(=O)O)CCOCC1. The first kappa shape index (κ1) is 14.8. The summed E-state index contributed by atoms with van der Waals surface area (Å²) in [5.41, 5.74) is -0.415. The van der Waals surface area contributed by atoms with Gasteiger partial charge in [0.2, 0.25) is 5.91 Å². The van der Waals surface area contributed by atoms with E-state index in [2.05, 4.69) is 5.32 Å². The Morgan fingerprint density at radius 3 is 2.40 bits per heavy atom. The van der Waals surface area contributed by atoms with Crippen LogP contribution >= 0.6 is 11.6 Å². The van der Waals surface area contributed by atoms with Crippen molar-refractivity contribution >= 4 is 23.5 Å². The summed E-state index contributed by atoms with van der Waals surface area (Å²) in [6, 6.07) is 6.90. The summed E-state index contributed by atoms with van der Waals surface area (Å²) in [6.45, 7) is 0.682. The smallest absolute Gasteiger partial charge is 0.329 e. The standard InChI is InChI=1S/C14H16ClNO4/c15-11-3-1-10(2-4-11)9-12(17)16-14(13(18)19)5-7-20-8-6-14/h1-4H,5-9H2,(H,16,17)(H,18,19). The minimum absolute atomic E-state index is 0.132. The van der Waals surface area contributed by atoms with E-state index in [1.165, 1.54) is 0 Å². The molecule has 1 heterocycles. The zero-order valence-electron chi connectivity index (χ0n) is 10.9. The van der Waals surface area contributed by atoms with Crippen molar-refractivity contribution < 1.29 is 19.4 Å². The molecular formula is C14H16ClNO4. The van der Waals surface area contributed by atoms with Gasteiger partial charge in [0.1, 0.15) is 5.54 Å². The lowest BCUT2D eigenvalue weighted by Crippen LogP contribution is -2.57. The zero-order valence-corrected chi connectivity index (χ0v) is 11.7. The molecular weight excluding hydrogens is 282 g/mol. The summed E-state index contributed by atoms with van der Waals surface area (Å²) in [4.78, 5) is 23.4. The largest absolute Gasteiger partial charge is 0.480 e. The van der Waals surface area contributed by atoms with Crippen LogP contribution in [0.15, 0.2) is 24.3 Å². The molecule has 0 unspecified atom stereocenters. The fourth-order valence-electron chi connectivity index (χ4n) is 2.21. The number of carboxylic acids is 1. The average molecular weight is 298 g/mol. The predicted molar refractivity (Wildman–Crippen MR) is 73.7 cm³/mol. The molecule has 0 bridgehead atoms. The van der Waals surface area contributed by atoms with Gasteiger partial charge < -0.3 is 15.2 Å². The van der Waals surface area contributed by atoms with Crippen LogP contribution in [0.25, 0.3) is 0 Å². The van der Waals surface area contributed by atoms with E-state index in [0.717, 1.165) is 5.56 Å². The molecule has 2 rings (SSSR count). The highest BCUT2D eigenvalue weighted by molar-refractivity contribution is 6.30. The summed E-state index contributed by atoms with van der Waals surface area (Å²) in [6.07, 6.45) is 0.705. The summed E-state index contributed by atoms with van der Waals surface area (Å²) in [5, 5.41) is 12.6. The number of carbonyl (C=O) groups excluding carboxylic acids is 1. The highest BCUT2D eigenvalue weighted by Gasteiger charge is 2.41. The number of hydrogen-bond acceptors (Lipinski definition) is 3. The van der Waals surface area contributed by atoms with Gasteiger partial charge in [-0.3, -0.25) is 4.79 Å². The van der Waals surface area contributed by atoms with Crippen molar-refractivity contribution in [1.29, 1.82) is 0 Å². The molecule has 108 valence electrons. The van der Waals surface area contributed by atoms with Gasteiger partial charge in [0.05, 0.1) is 6.42 Å². The van der Waals surface area contributed by atoms with E-state index >= 15 is 0 Å². The van der Waals surface area contributed by atoms with Crippen LogP contribution in [0, 0.1) is 0 Å². The number of amides is 1. The number of carboxylic acid groups (broad SMARTS) is 1. The average Bonchev–Trinajstić information content (AvgIpc) is 2.42. The Balaban J connectivity index is 2.01. The maximum Gasteiger partial charge on any atom is 0.329 e. The molecule has 1 aliphatic rings. The minimum Gasteiger partial charge on any atom is -0.480 e. The van der Waals surface area contributed by atoms with Crippen LogP contribution in [0.3, 0.4) is 0 Å². The monoisotopic (exact) mass is 297 g/mol. The summed E-state index contributed by atoms with van der Waals surface area (Å²) in [5.74, 6) is -1.32. The fraction of sp³-hybridized carbons (Fsp3) is 0.429. The summed E-state index contributed by atoms with van der Waals surface area (Å²) < 4.78 is 5.16. The molecule has 1 saturated heterocycles. The van der Waals surface area contributed by atoms with Gasteiger partial charge in [0.25, 0.3) is 0 Å². The Morgan fingerprint density at radius 2 is 1.85 bits per heavy atom. The van der Waals surface area contributed by atoms with Gasteiger partial charge in [-0.25, -0.2) is 4.79 Å². The third-order valence-corrected chi connectivity index (χ3v) is 3.66. The highest BCUT2D eigenvalue weighted by Crippen LogP contribution is 2.21. The minimum atomic E-state index is -1.21. The molecule has 0 radical (unpaired) electrons. The molecule has 2 N–H and O–H groups in total. The molecule has 0 spiro atoms. The second-order valence-electron chi connectivity index (χ2n) is 4.85. The number of ether oxygens (including phenoxy) is 1. The lowest BCUT2D eigenvalue weighted by atomic mass is 9.90. The van der Waals surface area contributed by atoms with E-state index in [0.29, 0.717) is 18.2 Å². The van der Waals surface area contributed by atoms with E-state index in [9.17, 15) is 14.7 Å². The lowest BCUT2D eigenvalue weighted by molar-refractivity contribution is -0.152. The highest BCUT2D eigenvalue weighted by atomic mass is 35.5. The molecule has 0 atom stereocenters. The second-order valence-corrected chi connectivity index (χ2v) is 5.29. The molecule has 0 aliphatic carbocycles. The molecule has 1 aromatic carbocycles. The first-order valence-electron chi connectivity index (χ1n) is 6.38. The zero-order chi connectivity index (χ0) is 14.6. The summed E-state index contributed by atoms with van der Waals surface area (Å²) >= 11 is 5.78. The Morgan fingerprint density at radius 1 is 1.25 bits per heavy atom. The van der Waals surface area contributed by atoms with Gasteiger partial charge in [0.15, 0.2) is 0 Å². The Kier molecular flexibility index (Phi) is 4.62. The van der Waals surface area contributed by atoms with Gasteiger partial charge in [-0.05, 0) is 17.7 Å². The Labute approximate surface area is 121 Å². The summed E-state index contributed by atoms with van der Waals surface area (Å²) in [7, 11) is 0. The van der Waals surface area contributed by atoms with E-state index in [4.69, 9.17) is 16.3 Å². The predicted octanol–water partition coefficient (Wildman–Crippen LogP) is 1.63. The third kappa shape index (κ3) is 3.49. The maximum absolute atomic E-state index is 12.0. The number of benzene rings is 1. The van der Waals surface area contributed by atoms with Crippen LogP contribution in [-0.2, 0) is 20.7 Å². The molecule has 20 heavy (non-hydrogen) atoms. The molecule has 0 saturated carbocycles. The van der Waals surface area contributed by atoms with Crippen LogP contribution in [0.2, 0.25) is 5.02 Å². The molecule has 1 fully saturated rings. The molecule has 1 amide bonds. The van der Waals surface area contributed by atoms with Crippen LogP contribution in [0.5, 0.6) is 0 Å². The van der Waals surface area contributed by atoms with Crippen molar-refractivity contribution in [2.24, 2.45) is 0 Å². The van der Waals surface area contributed by atoms with Crippen molar-refractivity contribution in [3.63, 3.8) is 0 Å². The van der Waals surface area contributed by atoms with Gasteiger partial charge in [-0.2, -0.15) is 0 Å². The number of hydrogen-bond donors (Lipinski definition) is 2. The number of carbonyl (C=O) groups is 2. The quantitative estimate of drug-likeness (QED) is 0.886. The molecule has 6 heteroatoms. The maximum atomic E-state index is 12.0. The van der Waals surface area contributed by atoms with Crippen molar-refractivity contribution in [1.82, 2.24) is 5.32 Å². The van der Waals surface area contributed by atoms with Crippen molar-refractivity contribution in [3.05, 3.63) is 34.9 Å². The van der Waals surface area contributed by atoms with E-state index in [1.807, 2.05) is 0 Å². The van der Waals surface area contributed by atoms with Crippen LogP contribution in [-0.4, -0.2) is 35.7 Å². The number of aliphatic carboxylic acids is 1. The lowest BCUT2D eigenvalue weighted by Gasteiger charge is -2.33. The first-order chi connectivity index (χ1) is 9.52. The van der Waals surface area contributed by atoms with Gasteiger partial charge >= 0.3 is 5.97 Å². The van der Waals surface area contributed by atoms with Gasteiger partial charge in [-0.1, -0.05) is 23.7 Å². The van der Waals surface area contributed by atoms with Gasteiger partial charge in [-0.15, -0.1) is 0 Å². The third-order valence-electron chi connectivity index (χ3n) is 3.41. The topological polar surface area (TPSA) is 75.6 Å². The number of rotatable bonds is 4. The fourth-order valence-corrected chi connectivity index (χ4v) is 2.34. The Bertz CT molecular complexity index is 494. The van der Waals surface area contributed by atoms with Gasteiger partial charge in [0, 0.05) is 31.1 Å². The molecule has 1 aromatic rings. The second kappa shape index (κ2) is 6.24. The molecule has 1 aliphatic heterocycles. The first-order valence-corrected chi connectivity index (χ1v) is 6.76. The molecule has 5 nitrogen and oxygen atoms in total.